The zero-order valence-electron chi connectivity index (χ0n) is 55.5. The molecule has 470 valence electrons. The van der Waals surface area contributed by atoms with E-state index in [1.165, 1.54) is 33.1 Å². The molecule has 0 atom stereocenters. The van der Waals surface area contributed by atoms with Crippen LogP contribution in [0.5, 0.6) is 0 Å². The van der Waals surface area contributed by atoms with Gasteiger partial charge in [-0.05, 0) is 168 Å². The molecule has 0 aliphatic carbocycles. The molecule has 2 aromatic heterocycles. The van der Waals surface area contributed by atoms with Crippen LogP contribution in [0.25, 0.3) is 117 Å². The first kappa shape index (κ1) is 59.5. The molecule has 0 saturated carbocycles. The molecule has 2 aliphatic rings. The molecular formula is C92H64BN7. The molecule has 8 heteroatoms. The number of aromatic nitrogens is 4. The van der Waals surface area contributed by atoms with E-state index >= 15 is 0 Å². The fourth-order valence-electron chi connectivity index (χ4n) is 15.0. The van der Waals surface area contributed by atoms with Crippen molar-refractivity contribution in [1.82, 2.24) is 19.5 Å². The van der Waals surface area contributed by atoms with Gasteiger partial charge in [0.15, 0.2) is 17.5 Å². The lowest BCUT2D eigenvalue weighted by Crippen LogP contribution is -2.61. The Hall–Kier alpha value is -13.0. The molecule has 7 nitrogen and oxygen atoms in total. The van der Waals surface area contributed by atoms with Crippen molar-refractivity contribution in [2.24, 2.45) is 0 Å². The van der Waals surface area contributed by atoms with E-state index in [9.17, 15) is 5.26 Å². The highest BCUT2D eigenvalue weighted by atomic mass is 15.2. The predicted octanol–water partition coefficient (Wildman–Crippen LogP) is 21.6. The Morgan fingerprint density at radius 3 is 1.17 bits per heavy atom. The fraction of sp³-hybridized carbons (Fsp3) is 0.0435. The van der Waals surface area contributed by atoms with Crippen LogP contribution in [0.4, 0.5) is 34.1 Å². The van der Waals surface area contributed by atoms with Crippen LogP contribution in [0.1, 0.15) is 31.9 Å². The third kappa shape index (κ3) is 10.4. The number of nitrogens with zero attached hydrogens (tertiary/aromatic N) is 7. The maximum Gasteiger partial charge on any atom is 0.252 e. The summed E-state index contributed by atoms with van der Waals surface area (Å²) in [6.07, 6.45) is 0. The summed E-state index contributed by atoms with van der Waals surface area (Å²) in [5, 5.41) is 12.9. The Morgan fingerprint density at radius 2 is 0.710 bits per heavy atom. The Kier molecular flexibility index (Phi) is 14.5. The average molecular weight is 1280 g/mol. The minimum absolute atomic E-state index is 0.144. The van der Waals surface area contributed by atoms with E-state index in [0.717, 1.165) is 117 Å². The van der Waals surface area contributed by atoms with Crippen molar-refractivity contribution < 1.29 is 0 Å². The number of hydrogen-bond acceptors (Lipinski definition) is 6. The van der Waals surface area contributed by atoms with E-state index < -0.39 is 0 Å². The summed E-state index contributed by atoms with van der Waals surface area (Å²) in [7, 11) is 0. The lowest BCUT2D eigenvalue weighted by atomic mass is 9.33. The molecule has 4 heterocycles. The summed E-state index contributed by atoms with van der Waals surface area (Å²) in [6, 6.07) is 123. The van der Waals surface area contributed by atoms with Gasteiger partial charge in [-0.25, -0.2) is 15.0 Å². The van der Waals surface area contributed by atoms with Crippen molar-refractivity contribution in [3.05, 3.63) is 345 Å². The summed E-state index contributed by atoms with van der Waals surface area (Å²) in [5.74, 6) is 1.55. The fourth-order valence-corrected chi connectivity index (χ4v) is 15.0. The van der Waals surface area contributed by atoms with Gasteiger partial charge in [0.25, 0.3) is 6.71 Å². The molecule has 0 N–H and O–H groups in total. The van der Waals surface area contributed by atoms with Gasteiger partial charge < -0.3 is 14.4 Å². The number of fused-ring (bicyclic) bond motifs is 7. The van der Waals surface area contributed by atoms with Crippen LogP contribution < -0.4 is 26.2 Å². The molecule has 0 bridgehead atoms. The van der Waals surface area contributed by atoms with E-state index in [0.29, 0.717) is 28.6 Å². The molecule has 16 aromatic rings. The molecular weight excluding hydrogens is 1210 g/mol. The summed E-state index contributed by atoms with van der Waals surface area (Å²) in [4.78, 5) is 20.7. The normalized spacial score (nSPS) is 12.3. The zero-order chi connectivity index (χ0) is 67.0. The summed E-state index contributed by atoms with van der Waals surface area (Å²) in [5.41, 5.74) is 28.5. The molecule has 0 unspecified atom stereocenters. The smallest absolute Gasteiger partial charge is 0.252 e. The Morgan fingerprint density at radius 1 is 0.310 bits per heavy atom. The maximum absolute atomic E-state index is 10.7. The molecule has 2 aliphatic heterocycles. The van der Waals surface area contributed by atoms with E-state index in [1.807, 2.05) is 72.8 Å². The van der Waals surface area contributed by atoms with Crippen molar-refractivity contribution in [2.45, 2.75) is 26.2 Å². The van der Waals surface area contributed by atoms with Crippen LogP contribution in [0, 0.1) is 11.3 Å². The summed E-state index contributed by atoms with van der Waals surface area (Å²) in [6.45, 7) is 6.66. The molecule has 14 aromatic carbocycles. The minimum Gasteiger partial charge on any atom is -0.311 e. The van der Waals surface area contributed by atoms with Crippen LogP contribution in [-0.2, 0) is 5.41 Å². The van der Waals surface area contributed by atoms with Crippen LogP contribution in [0.15, 0.2) is 334 Å². The maximum atomic E-state index is 10.7. The minimum atomic E-state index is -0.178. The van der Waals surface area contributed by atoms with E-state index in [1.54, 1.807) is 0 Å². The number of anilines is 6. The quantitative estimate of drug-likeness (QED) is 0.120. The first-order valence-corrected chi connectivity index (χ1v) is 34.1. The first-order valence-electron chi connectivity index (χ1n) is 34.1. The second kappa shape index (κ2) is 24.3. The van der Waals surface area contributed by atoms with Gasteiger partial charge in [-0.2, -0.15) is 5.26 Å². The molecule has 18 rings (SSSR count). The lowest BCUT2D eigenvalue weighted by molar-refractivity contribution is 0.591. The number of hydrogen-bond donors (Lipinski definition) is 0. The topological polar surface area (TPSA) is 73.9 Å². The largest absolute Gasteiger partial charge is 0.311 e. The van der Waals surface area contributed by atoms with Gasteiger partial charge in [0.05, 0.1) is 28.4 Å². The third-order valence-electron chi connectivity index (χ3n) is 20.0. The zero-order valence-corrected chi connectivity index (χ0v) is 55.5. The van der Waals surface area contributed by atoms with Crippen molar-refractivity contribution in [3.63, 3.8) is 0 Å². The third-order valence-corrected chi connectivity index (χ3v) is 20.0. The van der Waals surface area contributed by atoms with Crippen molar-refractivity contribution in [1.29, 1.82) is 5.26 Å². The average Bonchev–Trinajstić information content (AvgIpc) is 0.781. The predicted molar refractivity (Wildman–Crippen MR) is 415 cm³/mol. The van der Waals surface area contributed by atoms with Crippen molar-refractivity contribution >= 4 is 79.0 Å². The van der Waals surface area contributed by atoms with Crippen molar-refractivity contribution in [3.8, 4) is 102 Å². The molecule has 100 heavy (non-hydrogen) atoms. The lowest BCUT2D eigenvalue weighted by Gasteiger charge is -2.44. The van der Waals surface area contributed by atoms with Crippen LogP contribution in [0.3, 0.4) is 0 Å². The Balaban J connectivity index is 0.902. The number of rotatable bonds is 11. The van der Waals surface area contributed by atoms with Gasteiger partial charge in [0, 0.05) is 61.6 Å². The summed E-state index contributed by atoms with van der Waals surface area (Å²) >= 11 is 0. The van der Waals surface area contributed by atoms with E-state index in [-0.39, 0.29) is 12.1 Å². The van der Waals surface area contributed by atoms with E-state index in [4.69, 9.17) is 15.0 Å². The number of nitriles is 1. The molecule has 0 amide bonds. The van der Waals surface area contributed by atoms with Crippen LogP contribution in [0.2, 0.25) is 0 Å². The second-order valence-corrected chi connectivity index (χ2v) is 27.1. The van der Waals surface area contributed by atoms with Crippen LogP contribution >= 0.6 is 0 Å². The highest BCUT2D eigenvalue weighted by Gasteiger charge is 2.44. The second-order valence-electron chi connectivity index (χ2n) is 27.1. The highest BCUT2D eigenvalue weighted by molar-refractivity contribution is 7.00. The summed E-state index contributed by atoms with van der Waals surface area (Å²) < 4.78 is 2.36. The van der Waals surface area contributed by atoms with Gasteiger partial charge in [-0.15, -0.1) is 0 Å². The van der Waals surface area contributed by atoms with Crippen molar-refractivity contribution in [2.75, 3.05) is 9.80 Å². The van der Waals surface area contributed by atoms with Gasteiger partial charge in [-0.3, -0.25) is 0 Å². The van der Waals surface area contributed by atoms with Crippen LogP contribution in [-0.4, -0.2) is 26.2 Å². The SMILES string of the molecule is CC(C)(C)c1ccc2c3cc(-c4cc5c6c(c4)N(c4ccc(-c7ccccc7)cc4)c4cc(-c7ccccc7)ccc4B6c4ccc(-c6ccccc6)cc4N5c4ccc(-c5ccccc5)cc4)ccc3n(-c3ccc(C#N)cc3-c3nc(-c4ccccc4)nc(-c4ccccc4)n3)c2c1. The highest BCUT2D eigenvalue weighted by Crippen LogP contribution is 2.49. The Labute approximate surface area is 582 Å². The van der Waals surface area contributed by atoms with E-state index in [2.05, 4.69) is 302 Å². The van der Waals surface area contributed by atoms with Gasteiger partial charge in [0.1, 0.15) is 0 Å². The van der Waals surface area contributed by atoms with Gasteiger partial charge in [-0.1, -0.05) is 269 Å². The molecule has 0 fully saturated rings. The molecule has 0 radical (unpaired) electrons. The van der Waals surface area contributed by atoms with Gasteiger partial charge >= 0.3 is 0 Å². The molecule has 0 saturated heterocycles. The van der Waals surface area contributed by atoms with Gasteiger partial charge in [0.2, 0.25) is 0 Å². The Bertz CT molecular complexity index is 5610. The standard InChI is InChI=1S/C92H64BN7/c1-92(2,3)73-42-47-76-77-53-69(41-51-81(77)100(83(76)58-73)82-50-34-60(59-94)52-78(82)91-96-89(67-30-18-8-19-31-67)95-90(97-91)68-32-20-9-21-33-68)72-56-86-88-87(57-72)99(75-45-37-66(38-46-75)62-24-12-5-13-25-62)85-55-71(64-28-16-7-17-29-64)40-49-80(85)93(88)79-48-39-70(63-26-14-6-15-27-63)54-84(79)98(86)74-43-35-65(36-44-74)61-22-10-4-11-23-61/h4-58H,1-3H3. The number of benzene rings is 14. The molecule has 0 spiro atoms. The first-order chi connectivity index (χ1) is 49.1. The monoisotopic (exact) mass is 1280 g/mol.